The molecule has 6 nitrogen and oxygen atoms in total. The maximum absolute atomic E-state index is 6.22. The smallest absolute Gasteiger partial charge is 0.201 e. The lowest BCUT2D eigenvalue weighted by Crippen LogP contribution is -2.48. The largest absolute Gasteiger partial charge is 0.493 e. The van der Waals surface area contributed by atoms with E-state index >= 15 is 0 Å². The second-order valence-corrected chi connectivity index (χ2v) is 7.30. The number of methoxy groups -OCH3 is 1. The zero-order valence-corrected chi connectivity index (χ0v) is 15.2. The second-order valence-electron chi connectivity index (χ2n) is 7.30. The van der Waals surface area contributed by atoms with Gasteiger partial charge in [0.25, 0.3) is 0 Å². The number of aromatic nitrogens is 2. The first-order valence-electron chi connectivity index (χ1n) is 9.40. The number of rotatable bonds is 6. The average Bonchev–Trinajstić information content (AvgIpc) is 3.19. The van der Waals surface area contributed by atoms with Gasteiger partial charge < -0.3 is 24.7 Å². The Morgan fingerprint density at radius 2 is 1.96 bits per heavy atom. The summed E-state index contributed by atoms with van der Waals surface area (Å²) in [5.74, 6) is 2.72. The molecule has 0 spiro atoms. The van der Waals surface area contributed by atoms with E-state index in [4.69, 9.17) is 15.2 Å². The van der Waals surface area contributed by atoms with Gasteiger partial charge in [-0.3, -0.25) is 0 Å². The van der Waals surface area contributed by atoms with Crippen LogP contribution in [0.1, 0.15) is 38.6 Å². The summed E-state index contributed by atoms with van der Waals surface area (Å²) < 4.78 is 13.8. The molecule has 0 radical (unpaired) electrons. The summed E-state index contributed by atoms with van der Waals surface area (Å²) in [5.41, 5.74) is 8.17. The highest BCUT2D eigenvalue weighted by Gasteiger charge is 2.27. The molecule has 4 rings (SSSR count). The van der Waals surface area contributed by atoms with Gasteiger partial charge in [-0.25, -0.2) is 4.98 Å². The third-order valence-corrected chi connectivity index (χ3v) is 5.65. The first kappa shape index (κ1) is 16.5. The minimum absolute atomic E-state index is 0.455. The third kappa shape index (κ3) is 3.03. The van der Waals surface area contributed by atoms with Gasteiger partial charge in [-0.2, -0.15) is 0 Å². The van der Waals surface area contributed by atoms with Crippen LogP contribution in [0, 0.1) is 5.92 Å². The predicted octanol–water partition coefficient (Wildman–Crippen LogP) is 3.07. The summed E-state index contributed by atoms with van der Waals surface area (Å²) >= 11 is 0. The number of anilines is 1. The van der Waals surface area contributed by atoms with Crippen molar-refractivity contribution in [3.63, 3.8) is 0 Å². The van der Waals surface area contributed by atoms with Crippen LogP contribution in [0.3, 0.4) is 0 Å². The van der Waals surface area contributed by atoms with Crippen molar-refractivity contribution in [2.24, 2.45) is 5.92 Å². The number of benzene rings is 1. The molecule has 0 bridgehead atoms. The Balaban J connectivity index is 1.58. The average molecular weight is 344 g/mol. The van der Waals surface area contributed by atoms with Crippen molar-refractivity contribution in [3.05, 3.63) is 12.1 Å². The van der Waals surface area contributed by atoms with Gasteiger partial charge >= 0.3 is 0 Å². The molecule has 6 heteroatoms. The van der Waals surface area contributed by atoms with Gasteiger partial charge in [0.15, 0.2) is 11.5 Å². The van der Waals surface area contributed by atoms with E-state index in [9.17, 15) is 0 Å². The zero-order valence-electron chi connectivity index (χ0n) is 15.2. The molecule has 2 heterocycles. The molecule has 1 aliphatic carbocycles. The summed E-state index contributed by atoms with van der Waals surface area (Å²) in [6.45, 7) is 6.26. The van der Waals surface area contributed by atoms with Crippen LogP contribution >= 0.6 is 0 Å². The minimum Gasteiger partial charge on any atom is -0.493 e. The molecule has 0 atom stereocenters. The lowest BCUT2D eigenvalue weighted by atomic mass is 10.0. The third-order valence-electron chi connectivity index (χ3n) is 5.65. The quantitative estimate of drug-likeness (QED) is 0.872. The molecule has 1 aromatic carbocycles. The first-order chi connectivity index (χ1) is 12.2. The lowest BCUT2D eigenvalue weighted by Gasteiger charge is -2.38. The molecule has 1 saturated carbocycles. The van der Waals surface area contributed by atoms with Crippen molar-refractivity contribution >= 4 is 17.0 Å². The predicted molar refractivity (Wildman–Crippen MR) is 99.3 cm³/mol. The van der Waals surface area contributed by atoms with Crippen LogP contribution < -0.4 is 15.2 Å². The number of imidazole rings is 1. The standard InChI is InChI=1S/C19H28N4O2/c1-3-22-10-13(11-22)12-25-18-8-15-16(9-17(18)24-2)23(19(20)21-15)14-6-4-5-7-14/h8-9,13-14H,3-7,10-12H2,1-2H3,(H2,20,21). The molecule has 2 aliphatic rings. The van der Waals surface area contributed by atoms with Crippen LogP contribution in [0.4, 0.5) is 5.95 Å². The highest BCUT2D eigenvalue weighted by molar-refractivity contribution is 5.82. The molecule has 136 valence electrons. The maximum atomic E-state index is 6.22. The second kappa shape index (κ2) is 6.75. The van der Waals surface area contributed by atoms with E-state index in [0.717, 1.165) is 48.8 Å². The fraction of sp³-hybridized carbons (Fsp3) is 0.632. The van der Waals surface area contributed by atoms with Crippen LogP contribution in [-0.2, 0) is 0 Å². The molecule has 0 unspecified atom stereocenters. The number of hydrogen-bond acceptors (Lipinski definition) is 5. The van der Waals surface area contributed by atoms with Crippen molar-refractivity contribution in [2.75, 3.05) is 39.1 Å². The maximum Gasteiger partial charge on any atom is 0.201 e. The van der Waals surface area contributed by atoms with Gasteiger partial charge in [0.1, 0.15) is 0 Å². The molecule has 2 aromatic rings. The van der Waals surface area contributed by atoms with Gasteiger partial charge in [0.05, 0.1) is 24.8 Å². The molecular weight excluding hydrogens is 316 g/mol. The molecule has 2 N–H and O–H groups in total. The topological polar surface area (TPSA) is 65.5 Å². The van der Waals surface area contributed by atoms with E-state index in [-0.39, 0.29) is 0 Å². The number of hydrogen-bond donors (Lipinski definition) is 1. The monoisotopic (exact) mass is 344 g/mol. The van der Waals surface area contributed by atoms with Gasteiger partial charge in [0, 0.05) is 37.2 Å². The number of nitrogens with two attached hydrogens (primary N) is 1. The van der Waals surface area contributed by atoms with Crippen molar-refractivity contribution in [1.29, 1.82) is 0 Å². The Bertz CT molecular complexity index is 745. The van der Waals surface area contributed by atoms with E-state index in [0.29, 0.717) is 17.9 Å². The van der Waals surface area contributed by atoms with Crippen molar-refractivity contribution in [2.45, 2.75) is 38.6 Å². The number of nitrogen functional groups attached to an aromatic ring is 1. The van der Waals surface area contributed by atoms with E-state index in [1.165, 1.54) is 25.7 Å². The molecule has 1 aromatic heterocycles. The minimum atomic E-state index is 0.455. The van der Waals surface area contributed by atoms with Gasteiger partial charge in [-0.15, -0.1) is 0 Å². The van der Waals surface area contributed by atoms with Crippen LogP contribution in [0.5, 0.6) is 11.5 Å². The number of fused-ring (bicyclic) bond motifs is 1. The van der Waals surface area contributed by atoms with Gasteiger partial charge in [0.2, 0.25) is 5.95 Å². The SMILES string of the molecule is CCN1CC(COc2cc3nc(N)n(C4CCCC4)c3cc2OC)C1. The Kier molecular flexibility index (Phi) is 4.46. The summed E-state index contributed by atoms with van der Waals surface area (Å²) in [6, 6.07) is 4.47. The van der Waals surface area contributed by atoms with Crippen LogP contribution in [0.15, 0.2) is 12.1 Å². The Hall–Kier alpha value is -1.95. The highest BCUT2D eigenvalue weighted by atomic mass is 16.5. The van der Waals surface area contributed by atoms with Crippen LogP contribution in [-0.4, -0.2) is 47.8 Å². The number of nitrogens with zero attached hydrogens (tertiary/aromatic N) is 3. The normalized spacial score (nSPS) is 19.4. The summed E-state index contributed by atoms with van der Waals surface area (Å²) in [4.78, 5) is 6.99. The Morgan fingerprint density at radius 1 is 1.20 bits per heavy atom. The van der Waals surface area contributed by atoms with E-state index in [1.807, 2.05) is 12.1 Å². The Labute approximate surface area is 148 Å². The van der Waals surface area contributed by atoms with Crippen LogP contribution in [0.2, 0.25) is 0 Å². The van der Waals surface area contributed by atoms with Gasteiger partial charge in [-0.1, -0.05) is 19.8 Å². The Morgan fingerprint density at radius 3 is 2.64 bits per heavy atom. The number of ether oxygens (including phenoxy) is 2. The van der Waals surface area contributed by atoms with Crippen molar-refractivity contribution < 1.29 is 9.47 Å². The summed E-state index contributed by atoms with van der Waals surface area (Å²) in [7, 11) is 1.69. The molecule has 1 saturated heterocycles. The highest BCUT2D eigenvalue weighted by Crippen LogP contribution is 2.38. The zero-order chi connectivity index (χ0) is 17.4. The molecule has 2 fully saturated rings. The van der Waals surface area contributed by atoms with E-state index < -0.39 is 0 Å². The van der Waals surface area contributed by atoms with Crippen molar-refractivity contribution in [3.8, 4) is 11.5 Å². The molecular formula is C19H28N4O2. The molecule has 1 aliphatic heterocycles. The van der Waals surface area contributed by atoms with Crippen molar-refractivity contribution in [1.82, 2.24) is 14.5 Å². The van der Waals surface area contributed by atoms with Crippen LogP contribution in [0.25, 0.3) is 11.0 Å². The van der Waals surface area contributed by atoms with Gasteiger partial charge in [-0.05, 0) is 19.4 Å². The van der Waals surface area contributed by atoms with E-state index in [1.54, 1.807) is 7.11 Å². The summed E-state index contributed by atoms with van der Waals surface area (Å²) in [5, 5.41) is 0. The molecule has 25 heavy (non-hydrogen) atoms. The molecule has 0 amide bonds. The number of likely N-dealkylation sites (tertiary alicyclic amines) is 1. The fourth-order valence-corrected chi connectivity index (χ4v) is 4.19. The van der Waals surface area contributed by atoms with E-state index in [2.05, 4.69) is 21.4 Å². The lowest BCUT2D eigenvalue weighted by molar-refractivity contribution is 0.0662. The fourth-order valence-electron chi connectivity index (χ4n) is 4.19. The summed E-state index contributed by atoms with van der Waals surface area (Å²) in [6.07, 6.45) is 4.87. The first-order valence-corrected chi connectivity index (χ1v) is 9.40.